The van der Waals surface area contributed by atoms with E-state index in [-0.39, 0.29) is 54.2 Å². The summed E-state index contributed by atoms with van der Waals surface area (Å²) in [6.07, 6.45) is 6.33. The van der Waals surface area contributed by atoms with E-state index >= 15 is 0 Å². The van der Waals surface area contributed by atoms with Crippen LogP contribution >= 0.6 is 15.9 Å². The summed E-state index contributed by atoms with van der Waals surface area (Å²) in [5, 5.41) is 34.4. The van der Waals surface area contributed by atoms with Crippen molar-refractivity contribution in [2.75, 3.05) is 0 Å². The van der Waals surface area contributed by atoms with Gasteiger partial charge in [0.2, 0.25) is 0 Å². The Kier molecular flexibility index (Phi) is 22.9. The highest BCUT2D eigenvalue weighted by atomic mass is 79.9. The number of carbonyl (C=O) groups is 1. The van der Waals surface area contributed by atoms with Crippen LogP contribution in [0.2, 0.25) is 0 Å². The first kappa shape index (κ1) is 60.5. The fourth-order valence-corrected chi connectivity index (χ4v) is 7.74. The van der Waals surface area contributed by atoms with Gasteiger partial charge >= 0.3 is 0 Å². The molecule has 0 unspecified atom stereocenters. The number of carbonyl (C=O) groups excluding carboxylic acids is 1. The van der Waals surface area contributed by atoms with Gasteiger partial charge in [-0.15, -0.1) is 0 Å². The van der Waals surface area contributed by atoms with Gasteiger partial charge in [-0.05, 0) is 77.7 Å². The average molecular weight is 1160 g/mol. The molecule has 5 atom stereocenters. The second kappa shape index (κ2) is 29.9. The highest BCUT2D eigenvalue weighted by Crippen LogP contribution is 2.34. The SMILES string of the molecule is C[C@@H](OCc1ccccc1)C(=O)Cn1cncn1.C[C@@H](OCc1ccccc1)[C@@](O)(Cn1cncn1)c1ccc(F)cc1F.C[C@@H](OCc1ccccc1)[C@](O)(Cn1cncn1)c1ccc(F)cc1F.Fc1ccc(Br)c(F)c1. The molecule has 0 aliphatic heterocycles. The number of Topliss-reactive ketones (excluding diaryl/α,β-unsaturated/α-hetero) is 1. The van der Waals surface area contributed by atoms with Gasteiger partial charge in [0.05, 0.1) is 49.6 Å². The van der Waals surface area contributed by atoms with Crippen LogP contribution in [0.3, 0.4) is 0 Å². The lowest BCUT2D eigenvalue weighted by Crippen LogP contribution is -2.44. The lowest BCUT2D eigenvalue weighted by molar-refractivity contribution is -0.131. The number of aliphatic hydroxyl groups is 2. The first-order chi connectivity index (χ1) is 37.9. The summed E-state index contributed by atoms with van der Waals surface area (Å²) >= 11 is 2.89. The topological polar surface area (TPSA) is 177 Å². The molecule has 0 aliphatic rings. The lowest BCUT2D eigenvalue weighted by atomic mass is 9.88. The first-order valence-electron chi connectivity index (χ1n) is 24.4. The van der Waals surface area contributed by atoms with Crippen LogP contribution in [0.15, 0.2) is 188 Å². The van der Waals surface area contributed by atoms with E-state index in [4.69, 9.17) is 14.2 Å². The Morgan fingerprint density at radius 2 is 0.861 bits per heavy atom. The van der Waals surface area contributed by atoms with Gasteiger partial charge in [-0.1, -0.05) is 103 Å². The Balaban J connectivity index is 0.000000180. The zero-order valence-electron chi connectivity index (χ0n) is 43.0. The highest BCUT2D eigenvalue weighted by molar-refractivity contribution is 9.10. The number of hydrogen-bond donors (Lipinski definition) is 2. The van der Waals surface area contributed by atoms with E-state index in [1.54, 1.807) is 20.8 Å². The predicted octanol–water partition coefficient (Wildman–Crippen LogP) is 10.3. The van der Waals surface area contributed by atoms with E-state index in [2.05, 4.69) is 46.2 Å². The minimum absolute atomic E-state index is 0.0172. The normalized spacial score (nSPS) is 13.6. The molecule has 9 aromatic rings. The fraction of sp³-hybridized carbons (Fsp3) is 0.246. The van der Waals surface area contributed by atoms with Crippen LogP contribution < -0.4 is 0 Å². The number of hydrogen-bond acceptors (Lipinski definition) is 12. The van der Waals surface area contributed by atoms with Crippen LogP contribution in [0.1, 0.15) is 48.6 Å². The Labute approximate surface area is 460 Å². The van der Waals surface area contributed by atoms with Crippen LogP contribution in [0.25, 0.3) is 0 Å². The molecule has 6 aromatic carbocycles. The number of aromatic nitrogens is 9. The molecule has 0 fully saturated rings. The molecular formula is C57H56BrF6N9O6. The van der Waals surface area contributed by atoms with E-state index in [0.29, 0.717) is 6.61 Å². The summed E-state index contributed by atoms with van der Waals surface area (Å²) in [6.45, 7) is 5.96. The van der Waals surface area contributed by atoms with Crippen molar-refractivity contribution in [2.45, 2.75) is 89.7 Å². The standard InChI is InChI=1S/2C19H19F2N3O2.C13H15N3O2.C6H3BrF2/c2*1-14(26-10-15-5-3-2-4-6-15)19(25,11-24-13-22-12-23-24)17-8-7-16(20)9-18(17)21;1-11(13(17)7-16-10-14-9-15-16)18-8-12-5-3-2-4-6-12;7-5-2-1-4(8)3-6(5)9/h2*2-9,12-14,25H,10-11H2,1H3;2-6,9-11H,7-8H2,1H3;1-3H/t14-,19+;14-,19-;11-;/m111./s1. The van der Waals surface area contributed by atoms with Crippen LogP contribution in [-0.4, -0.2) is 78.6 Å². The smallest absolute Gasteiger partial charge is 0.182 e. The number of benzene rings is 6. The first-order valence-corrected chi connectivity index (χ1v) is 25.2. The minimum Gasteiger partial charge on any atom is -0.380 e. The van der Waals surface area contributed by atoms with Crippen molar-refractivity contribution in [2.24, 2.45) is 0 Å². The molecule has 0 aliphatic carbocycles. The fourth-order valence-electron chi connectivity index (χ4n) is 7.50. The second-order valence-electron chi connectivity index (χ2n) is 17.7. The van der Waals surface area contributed by atoms with E-state index in [0.717, 1.165) is 47.0 Å². The molecule has 0 radical (unpaired) electrons. The van der Waals surface area contributed by atoms with Crippen molar-refractivity contribution < 1.29 is 55.6 Å². The van der Waals surface area contributed by atoms with Crippen molar-refractivity contribution in [3.8, 4) is 0 Å². The number of ketones is 1. The van der Waals surface area contributed by atoms with Gasteiger partial charge in [-0.2, -0.15) is 15.3 Å². The zero-order chi connectivity index (χ0) is 56.8. The Bertz CT molecular complexity index is 3070. The summed E-state index contributed by atoms with van der Waals surface area (Å²) in [4.78, 5) is 23.3. The third kappa shape index (κ3) is 18.4. The van der Waals surface area contributed by atoms with Crippen LogP contribution in [0, 0.1) is 34.9 Å². The minimum atomic E-state index is -1.76. The van der Waals surface area contributed by atoms with Gasteiger partial charge in [0.15, 0.2) is 5.78 Å². The van der Waals surface area contributed by atoms with Gasteiger partial charge in [0, 0.05) is 29.3 Å². The summed E-state index contributed by atoms with van der Waals surface area (Å²) < 4.78 is 101. The van der Waals surface area contributed by atoms with Crippen LogP contribution in [-0.2, 0) is 69.7 Å². The maximum atomic E-state index is 14.4. The Morgan fingerprint density at radius 1 is 0.506 bits per heavy atom. The lowest BCUT2D eigenvalue weighted by Gasteiger charge is -2.34. The molecule has 0 saturated carbocycles. The van der Waals surface area contributed by atoms with Gasteiger partial charge in [-0.25, -0.2) is 55.3 Å². The molecule has 0 amide bonds. The molecular weight excluding hydrogens is 1100 g/mol. The summed E-state index contributed by atoms with van der Waals surface area (Å²) in [5.74, 6) is -4.27. The van der Waals surface area contributed by atoms with Gasteiger partial charge in [0.1, 0.15) is 96.7 Å². The molecule has 3 heterocycles. The molecule has 0 spiro atoms. The number of halogens is 7. The average Bonchev–Trinajstić information content (AvgIpc) is 4.32. The summed E-state index contributed by atoms with van der Waals surface area (Å²) in [6, 6.07) is 38.1. The third-order valence-corrected chi connectivity index (χ3v) is 12.7. The van der Waals surface area contributed by atoms with E-state index in [1.807, 2.05) is 91.0 Å². The molecule has 15 nitrogen and oxygen atoms in total. The van der Waals surface area contributed by atoms with Gasteiger partial charge in [0.25, 0.3) is 0 Å². The van der Waals surface area contributed by atoms with Crippen molar-refractivity contribution in [1.29, 1.82) is 0 Å². The van der Waals surface area contributed by atoms with Crippen molar-refractivity contribution in [1.82, 2.24) is 44.3 Å². The van der Waals surface area contributed by atoms with Crippen molar-refractivity contribution in [3.05, 3.63) is 251 Å². The van der Waals surface area contributed by atoms with E-state index in [1.165, 1.54) is 76.3 Å². The number of rotatable bonds is 20. The Hall–Kier alpha value is -7.73. The van der Waals surface area contributed by atoms with Crippen LogP contribution in [0.5, 0.6) is 0 Å². The van der Waals surface area contributed by atoms with E-state index in [9.17, 15) is 41.4 Å². The Morgan fingerprint density at radius 3 is 1.20 bits per heavy atom. The highest BCUT2D eigenvalue weighted by Gasteiger charge is 2.41. The largest absolute Gasteiger partial charge is 0.380 e. The predicted molar refractivity (Wildman–Crippen MR) is 282 cm³/mol. The maximum absolute atomic E-state index is 14.4. The molecule has 0 bridgehead atoms. The molecule has 22 heteroatoms. The number of nitrogens with zero attached hydrogens (tertiary/aromatic N) is 9. The van der Waals surface area contributed by atoms with Crippen molar-refractivity contribution >= 4 is 21.7 Å². The molecule has 414 valence electrons. The zero-order valence-corrected chi connectivity index (χ0v) is 44.6. The van der Waals surface area contributed by atoms with E-state index < -0.39 is 64.4 Å². The molecule has 0 saturated heterocycles. The summed E-state index contributed by atoms with van der Waals surface area (Å²) in [7, 11) is 0. The molecule has 9 rings (SSSR count). The molecule has 79 heavy (non-hydrogen) atoms. The third-order valence-electron chi connectivity index (χ3n) is 12.0. The van der Waals surface area contributed by atoms with Crippen molar-refractivity contribution in [3.63, 3.8) is 0 Å². The number of ether oxygens (including phenoxy) is 3. The molecule has 3 aromatic heterocycles. The monoisotopic (exact) mass is 1160 g/mol. The van der Waals surface area contributed by atoms with Gasteiger partial charge in [-0.3, -0.25) is 4.79 Å². The summed E-state index contributed by atoms with van der Waals surface area (Å²) in [5.41, 5.74) is -0.757. The quantitative estimate of drug-likeness (QED) is 0.0546. The maximum Gasteiger partial charge on any atom is 0.182 e. The van der Waals surface area contributed by atoms with Gasteiger partial charge < -0.3 is 24.4 Å². The van der Waals surface area contributed by atoms with Crippen LogP contribution in [0.4, 0.5) is 26.3 Å². The second-order valence-corrected chi connectivity index (χ2v) is 18.6. The molecule has 2 N–H and O–H groups in total.